The number of rotatable bonds is 4. The van der Waals surface area contributed by atoms with Crippen LogP contribution in [-0.2, 0) is 6.54 Å². The fourth-order valence-corrected chi connectivity index (χ4v) is 2.73. The lowest BCUT2D eigenvalue weighted by Crippen LogP contribution is -2.13. The number of hydrogen-bond acceptors (Lipinski definition) is 2. The van der Waals surface area contributed by atoms with E-state index in [1.54, 1.807) is 22.9 Å². The molecule has 0 bridgehead atoms. The molecule has 0 aliphatic carbocycles. The number of amides is 1. The zero-order valence-corrected chi connectivity index (χ0v) is 14.5. The highest BCUT2D eigenvalue weighted by Gasteiger charge is 2.15. The number of aryl methyl sites for hydroxylation is 2. The largest absolute Gasteiger partial charge is 0.319 e. The fourth-order valence-electron chi connectivity index (χ4n) is 2.73. The van der Waals surface area contributed by atoms with Gasteiger partial charge in [0.05, 0.1) is 23.6 Å². The Hall–Kier alpha value is -2.95. The molecule has 1 N–H and O–H groups in total. The van der Waals surface area contributed by atoms with Crippen LogP contribution in [0.2, 0.25) is 0 Å². The van der Waals surface area contributed by atoms with Gasteiger partial charge in [0.1, 0.15) is 5.82 Å². The molecule has 0 aliphatic heterocycles. The predicted molar refractivity (Wildman–Crippen MR) is 96.3 cm³/mol. The number of carbonyl (C=O) groups is 1. The maximum absolute atomic E-state index is 13.4. The molecule has 3 rings (SSSR count). The van der Waals surface area contributed by atoms with E-state index in [9.17, 15) is 9.18 Å². The van der Waals surface area contributed by atoms with Crippen molar-refractivity contribution < 1.29 is 9.18 Å². The highest BCUT2D eigenvalue weighted by atomic mass is 19.1. The number of anilines is 1. The molecular formula is C20H20FN3O. The average molecular weight is 337 g/mol. The monoisotopic (exact) mass is 337 g/mol. The van der Waals surface area contributed by atoms with Crippen molar-refractivity contribution in [1.82, 2.24) is 9.78 Å². The molecule has 128 valence electrons. The minimum atomic E-state index is -0.271. The Morgan fingerprint density at radius 1 is 1.12 bits per heavy atom. The smallest absolute Gasteiger partial charge is 0.255 e. The van der Waals surface area contributed by atoms with Gasteiger partial charge in [0.25, 0.3) is 5.91 Å². The first-order valence-electron chi connectivity index (χ1n) is 8.10. The van der Waals surface area contributed by atoms with Crippen molar-refractivity contribution in [2.45, 2.75) is 27.3 Å². The lowest BCUT2D eigenvalue weighted by molar-refractivity contribution is 0.102. The van der Waals surface area contributed by atoms with Crippen molar-refractivity contribution in [3.05, 3.63) is 82.4 Å². The third-order valence-corrected chi connectivity index (χ3v) is 4.16. The highest BCUT2D eigenvalue weighted by molar-refractivity contribution is 6.04. The molecule has 1 amide bonds. The van der Waals surface area contributed by atoms with Crippen molar-refractivity contribution >= 4 is 11.6 Å². The van der Waals surface area contributed by atoms with Crippen LogP contribution in [0.5, 0.6) is 0 Å². The quantitative estimate of drug-likeness (QED) is 0.774. The number of nitrogens with zero attached hydrogens (tertiary/aromatic N) is 2. The lowest BCUT2D eigenvalue weighted by Gasteiger charge is -2.08. The molecule has 3 aromatic rings. The molecular weight excluding hydrogens is 317 g/mol. The van der Waals surface area contributed by atoms with Crippen LogP contribution in [0.15, 0.2) is 48.5 Å². The fraction of sp³-hybridized carbons (Fsp3) is 0.200. The van der Waals surface area contributed by atoms with Crippen LogP contribution in [0.4, 0.5) is 10.1 Å². The minimum Gasteiger partial charge on any atom is -0.319 e. The van der Waals surface area contributed by atoms with Gasteiger partial charge in [0.2, 0.25) is 0 Å². The normalized spacial score (nSPS) is 10.7. The van der Waals surface area contributed by atoms with Gasteiger partial charge < -0.3 is 5.32 Å². The molecule has 0 saturated carbocycles. The summed E-state index contributed by atoms with van der Waals surface area (Å²) in [5.74, 6) is -0.441. The molecule has 4 nitrogen and oxygen atoms in total. The summed E-state index contributed by atoms with van der Waals surface area (Å²) in [7, 11) is 0. The number of nitrogens with one attached hydrogen (secondary N) is 1. The van der Waals surface area contributed by atoms with Crippen LogP contribution in [0, 0.1) is 26.6 Å². The molecule has 0 unspecified atom stereocenters. The second kappa shape index (κ2) is 6.89. The Morgan fingerprint density at radius 2 is 1.84 bits per heavy atom. The van der Waals surface area contributed by atoms with Gasteiger partial charge in [-0.05, 0) is 50.6 Å². The Labute approximate surface area is 146 Å². The summed E-state index contributed by atoms with van der Waals surface area (Å²) in [4.78, 5) is 12.4. The first kappa shape index (κ1) is 16.9. The van der Waals surface area contributed by atoms with Crippen LogP contribution < -0.4 is 5.32 Å². The van der Waals surface area contributed by atoms with Crippen LogP contribution in [-0.4, -0.2) is 15.7 Å². The van der Waals surface area contributed by atoms with E-state index in [0.717, 1.165) is 22.5 Å². The van der Waals surface area contributed by atoms with Crippen molar-refractivity contribution in [3.63, 3.8) is 0 Å². The Balaban J connectivity index is 1.82. The topological polar surface area (TPSA) is 46.9 Å². The lowest BCUT2D eigenvalue weighted by atomic mass is 10.1. The molecule has 0 fully saturated rings. The van der Waals surface area contributed by atoms with E-state index in [1.165, 1.54) is 12.1 Å². The summed E-state index contributed by atoms with van der Waals surface area (Å²) < 4.78 is 15.1. The van der Waals surface area contributed by atoms with Gasteiger partial charge in [0.15, 0.2) is 0 Å². The van der Waals surface area contributed by atoms with Crippen molar-refractivity contribution in [3.8, 4) is 0 Å². The van der Waals surface area contributed by atoms with Crippen LogP contribution >= 0.6 is 0 Å². The van der Waals surface area contributed by atoms with E-state index in [1.807, 2.05) is 39.0 Å². The third-order valence-electron chi connectivity index (χ3n) is 4.16. The van der Waals surface area contributed by atoms with E-state index in [-0.39, 0.29) is 11.7 Å². The number of carbonyl (C=O) groups excluding carboxylic acids is 1. The maximum atomic E-state index is 13.4. The molecule has 1 heterocycles. The summed E-state index contributed by atoms with van der Waals surface area (Å²) in [6, 6.07) is 13.8. The van der Waals surface area contributed by atoms with E-state index in [2.05, 4.69) is 10.4 Å². The highest BCUT2D eigenvalue weighted by Crippen LogP contribution is 2.21. The average Bonchev–Trinajstić information content (AvgIpc) is 2.83. The second-order valence-electron chi connectivity index (χ2n) is 6.15. The van der Waals surface area contributed by atoms with Crippen molar-refractivity contribution in [2.75, 3.05) is 5.32 Å². The standard InChI is InChI=1S/C20H20FN3O/c1-13-7-9-17(10-8-13)20(25)22-19-14(2)23-24(15(19)3)12-16-5-4-6-18(21)11-16/h4-11H,12H2,1-3H3,(H,22,25). The molecule has 2 aromatic carbocycles. The van der Waals surface area contributed by atoms with E-state index in [4.69, 9.17) is 0 Å². The molecule has 0 atom stereocenters. The van der Waals surface area contributed by atoms with Crippen molar-refractivity contribution in [2.24, 2.45) is 0 Å². The van der Waals surface area contributed by atoms with E-state index in [0.29, 0.717) is 17.8 Å². The molecule has 5 heteroatoms. The number of hydrogen-bond donors (Lipinski definition) is 1. The molecule has 0 radical (unpaired) electrons. The predicted octanol–water partition coefficient (Wildman–Crippen LogP) is 4.25. The first-order chi connectivity index (χ1) is 11.9. The Bertz CT molecular complexity index is 913. The van der Waals surface area contributed by atoms with Crippen LogP contribution in [0.1, 0.15) is 32.9 Å². The van der Waals surface area contributed by atoms with Gasteiger partial charge in [-0.2, -0.15) is 5.10 Å². The van der Waals surface area contributed by atoms with Gasteiger partial charge in [-0.25, -0.2) is 4.39 Å². The second-order valence-corrected chi connectivity index (χ2v) is 6.15. The zero-order valence-electron chi connectivity index (χ0n) is 14.5. The molecule has 0 saturated heterocycles. The van der Waals surface area contributed by atoms with Gasteiger partial charge in [0, 0.05) is 5.56 Å². The zero-order chi connectivity index (χ0) is 18.0. The Morgan fingerprint density at radius 3 is 2.52 bits per heavy atom. The van der Waals surface area contributed by atoms with Gasteiger partial charge in [-0.15, -0.1) is 0 Å². The maximum Gasteiger partial charge on any atom is 0.255 e. The van der Waals surface area contributed by atoms with Gasteiger partial charge in [-0.3, -0.25) is 9.48 Å². The molecule has 1 aromatic heterocycles. The van der Waals surface area contributed by atoms with Crippen LogP contribution in [0.25, 0.3) is 0 Å². The number of halogens is 1. The van der Waals surface area contributed by atoms with Gasteiger partial charge in [-0.1, -0.05) is 29.8 Å². The molecule has 0 aliphatic rings. The Kier molecular flexibility index (Phi) is 4.65. The summed E-state index contributed by atoms with van der Waals surface area (Å²) in [5, 5.41) is 7.41. The third kappa shape index (κ3) is 3.76. The minimum absolute atomic E-state index is 0.170. The summed E-state index contributed by atoms with van der Waals surface area (Å²) in [6.45, 7) is 6.17. The van der Waals surface area contributed by atoms with Crippen molar-refractivity contribution in [1.29, 1.82) is 0 Å². The summed E-state index contributed by atoms with van der Waals surface area (Å²) in [6.07, 6.45) is 0. The number of aromatic nitrogens is 2. The SMILES string of the molecule is Cc1ccc(C(=O)Nc2c(C)nn(Cc3cccc(F)c3)c2C)cc1. The van der Waals surface area contributed by atoms with E-state index >= 15 is 0 Å². The number of benzene rings is 2. The van der Waals surface area contributed by atoms with Gasteiger partial charge >= 0.3 is 0 Å². The molecule has 0 spiro atoms. The summed E-state index contributed by atoms with van der Waals surface area (Å²) >= 11 is 0. The first-order valence-corrected chi connectivity index (χ1v) is 8.10. The van der Waals surface area contributed by atoms with E-state index < -0.39 is 0 Å². The molecule has 25 heavy (non-hydrogen) atoms. The van der Waals surface area contributed by atoms with Crippen LogP contribution in [0.3, 0.4) is 0 Å². The summed E-state index contributed by atoms with van der Waals surface area (Å²) in [5.41, 5.74) is 4.79.